The number of hydrogen-bond acceptors (Lipinski definition) is 5. The van der Waals surface area contributed by atoms with Gasteiger partial charge in [0.25, 0.3) is 0 Å². The van der Waals surface area contributed by atoms with E-state index in [9.17, 15) is 15.0 Å². The highest BCUT2D eigenvalue weighted by molar-refractivity contribution is 5.98. The molecule has 5 heteroatoms. The number of nitrogens with zero attached hydrogens (tertiary/aromatic N) is 1. The molecule has 5 aliphatic rings. The lowest BCUT2D eigenvalue weighted by atomic mass is 9.50. The number of carbonyl (C=O) groups excluding carboxylic acids is 1. The maximum Gasteiger partial charge on any atom is 0.196 e. The van der Waals surface area contributed by atoms with Crippen LogP contribution in [-0.4, -0.2) is 52.2 Å². The molecule has 0 unspecified atom stereocenters. The zero-order valence-electron chi connectivity index (χ0n) is 12.5. The molecule has 5 rings (SSSR count). The molecule has 2 fully saturated rings. The molecule has 3 aliphatic carbocycles. The predicted octanol–water partition coefficient (Wildman–Crippen LogP) is 1.21. The van der Waals surface area contributed by atoms with Gasteiger partial charge in [-0.15, -0.1) is 0 Å². The molecule has 0 aromatic carbocycles. The topological polar surface area (TPSA) is 70.0 Å². The molecule has 2 heterocycles. The predicted molar refractivity (Wildman–Crippen MR) is 78.0 cm³/mol. The lowest BCUT2D eigenvalue weighted by Gasteiger charge is -2.60. The standard InChI is InChI=1S/C17H19NO4/c1-18-7-6-16-13-9-2-3-10(19)14(13)22-15(16)11(20)4-5-17(16,21)12(18)8-9/h4-5,12,15,19,21H,2-3,6-8H2,1H3/t12-,15+,16+,17-/m1/s1. The maximum atomic E-state index is 12.5. The van der Waals surface area contributed by atoms with E-state index in [2.05, 4.69) is 4.90 Å². The number of likely N-dealkylation sites (tertiary alicyclic amines) is 1. The van der Waals surface area contributed by atoms with E-state index in [0.29, 0.717) is 18.6 Å². The van der Waals surface area contributed by atoms with Gasteiger partial charge in [-0.05, 0) is 45.0 Å². The molecule has 22 heavy (non-hydrogen) atoms. The number of rotatable bonds is 0. The molecule has 0 aromatic heterocycles. The summed E-state index contributed by atoms with van der Waals surface area (Å²) in [5.41, 5.74) is 0.370. The van der Waals surface area contributed by atoms with E-state index >= 15 is 0 Å². The maximum absolute atomic E-state index is 12.5. The van der Waals surface area contributed by atoms with Crippen molar-refractivity contribution in [1.29, 1.82) is 0 Å². The third kappa shape index (κ3) is 1.13. The van der Waals surface area contributed by atoms with Crippen LogP contribution in [0, 0.1) is 5.41 Å². The molecule has 0 saturated carbocycles. The van der Waals surface area contributed by atoms with Gasteiger partial charge >= 0.3 is 0 Å². The van der Waals surface area contributed by atoms with Gasteiger partial charge in [-0.2, -0.15) is 0 Å². The van der Waals surface area contributed by atoms with Crippen LogP contribution in [0.25, 0.3) is 0 Å². The number of aliphatic hydroxyl groups is 2. The van der Waals surface area contributed by atoms with Crippen molar-refractivity contribution in [3.05, 3.63) is 34.8 Å². The minimum atomic E-state index is -1.10. The van der Waals surface area contributed by atoms with E-state index in [1.54, 1.807) is 6.08 Å². The molecule has 0 radical (unpaired) electrons. The van der Waals surface area contributed by atoms with Gasteiger partial charge < -0.3 is 14.9 Å². The third-order valence-electron chi connectivity index (χ3n) is 6.45. The molecule has 5 nitrogen and oxygen atoms in total. The highest BCUT2D eigenvalue weighted by Crippen LogP contribution is 2.66. The average molecular weight is 301 g/mol. The third-order valence-corrected chi connectivity index (χ3v) is 6.45. The Kier molecular flexibility index (Phi) is 2.15. The minimum absolute atomic E-state index is 0.0324. The second kappa shape index (κ2) is 3.66. The van der Waals surface area contributed by atoms with Gasteiger partial charge in [0.15, 0.2) is 17.6 Å². The Balaban J connectivity index is 1.87. The lowest BCUT2D eigenvalue weighted by Crippen LogP contribution is -2.71. The molecule has 2 bridgehead atoms. The van der Waals surface area contributed by atoms with Crippen LogP contribution in [-0.2, 0) is 9.53 Å². The Labute approximate surface area is 128 Å². The number of ether oxygens (including phenoxy) is 1. The van der Waals surface area contributed by atoms with E-state index in [1.165, 1.54) is 11.6 Å². The van der Waals surface area contributed by atoms with Gasteiger partial charge in [-0.25, -0.2) is 0 Å². The summed E-state index contributed by atoms with van der Waals surface area (Å²) < 4.78 is 5.94. The Hall–Kier alpha value is -1.59. The number of piperidine rings is 1. The first kappa shape index (κ1) is 12.9. The van der Waals surface area contributed by atoms with Crippen molar-refractivity contribution >= 4 is 5.78 Å². The Morgan fingerprint density at radius 1 is 1.41 bits per heavy atom. The van der Waals surface area contributed by atoms with Crippen molar-refractivity contribution in [3.8, 4) is 0 Å². The normalized spacial score (nSPS) is 46.0. The van der Waals surface area contributed by atoms with Crippen molar-refractivity contribution in [3.63, 3.8) is 0 Å². The molecule has 116 valence electrons. The van der Waals surface area contributed by atoms with Crippen LogP contribution < -0.4 is 0 Å². The van der Waals surface area contributed by atoms with Gasteiger partial charge in [0.2, 0.25) is 0 Å². The summed E-state index contributed by atoms with van der Waals surface area (Å²) in [5.74, 6) is 0.608. The summed E-state index contributed by atoms with van der Waals surface area (Å²) in [4.78, 5) is 14.7. The van der Waals surface area contributed by atoms with Gasteiger partial charge in [-0.1, -0.05) is 5.57 Å². The fraction of sp³-hybridized carbons (Fsp3) is 0.588. The van der Waals surface area contributed by atoms with Crippen LogP contribution in [0.4, 0.5) is 0 Å². The zero-order valence-corrected chi connectivity index (χ0v) is 12.5. The molecule has 4 atom stereocenters. The second-order valence-electron chi connectivity index (χ2n) is 7.24. The average Bonchev–Trinajstić information content (AvgIpc) is 2.85. The highest BCUT2D eigenvalue weighted by atomic mass is 16.5. The molecule has 2 N–H and O–H groups in total. The van der Waals surface area contributed by atoms with E-state index < -0.39 is 17.1 Å². The second-order valence-corrected chi connectivity index (χ2v) is 7.24. The summed E-state index contributed by atoms with van der Waals surface area (Å²) >= 11 is 0. The van der Waals surface area contributed by atoms with E-state index in [4.69, 9.17) is 4.74 Å². The Morgan fingerprint density at radius 3 is 3.05 bits per heavy atom. The van der Waals surface area contributed by atoms with Gasteiger partial charge in [0.1, 0.15) is 11.4 Å². The molecule has 0 aromatic rings. The fourth-order valence-corrected chi connectivity index (χ4v) is 5.42. The first-order chi connectivity index (χ1) is 10.5. The molecule has 0 amide bonds. The number of likely N-dealkylation sites (N-methyl/N-ethyl adjacent to an activating group) is 1. The van der Waals surface area contributed by atoms with Crippen LogP contribution in [0.15, 0.2) is 34.8 Å². The lowest BCUT2D eigenvalue weighted by molar-refractivity contribution is -0.167. The highest BCUT2D eigenvalue weighted by Gasteiger charge is 2.72. The first-order valence-corrected chi connectivity index (χ1v) is 7.96. The van der Waals surface area contributed by atoms with E-state index in [0.717, 1.165) is 25.0 Å². The smallest absolute Gasteiger partial charge is 0.196 e. The summed E-state index contributed by atoms with van der Waals surface area (Å²) in [6, 6.07) is -0.0324. The Morgan fingerprint density at radius 2 is 2.23 bits per heavy atom. The van der Waals surface area contributed by atoms with Gasteiger partial charge in [-0.3, -0.25) is 9.69 Å². The van der Waals surface area contributed by atoms with Gasteiger partial charge in [0, 0.05) is 18.0 Å². The largest absolute Gasteiger partial charge is 0.508 e. The number of hydrogen-bond donors (Lipinski definition) is 2. The van der Waals surface area contributed by atoms with Gasteiger partial charge in [0.05, 0.1) is 5.41 Å². The minimum Gasteiger partial charge on any atom is -0.508 e. The van der Waals surface area contributed by atoms with Crippen molar-refractivity contribution < 1.29 is 19.7 Å². The molecule has 2 aliphatic heterocycles. The van der Waals surface area contributed by atoms with Crippen LogP contribution in [0.5, 0.6) is 0 Å². The molecular weight excluding hydrogens is 282 g/mol. The monoisotopic (exact) mass is 301 g/mol. The number of ketones is 1. The summed E-state index contributed by atoms with van der Waals surface area (Å²) in [5, 5.41) is 21.8. The molecule has 2 saturated heterocycles. The number of allylic oxidation sites excluding steroid dienone is 2. The number of aliphatic hydroxyl groups excluding tert-OH is 1. The molecular formula is C17H19NO4. The quantitative estimate of drug-likeness (QED) is 0.704. The summed E-state index contributed by atoms with van der Waals surface area (Å²) in [6.07, 6.45) is 5.26. The van der Waals surface area contributed by atoms with Crippen molar-refractivity contribution in [2.24, 2.45) is 5.41 Å². The van der Waals surface area contributed by atoms with Crippen LogP contribution >= 0.6 is 0 Å². The van der Waals surface area contributed by atoms with Crippen molar-refractivity contribution in [1.82, 2.24) is 4.90 Å². The van der Waals surface area contributed by atoms with E-state index in [-0.39, 0.29) is 17.6 Å². The van der Waals surface area contributed by atoms with E-state index in [1.807, 2.05) is 7.05 Å². The van der Waals surface area contributed by atoms with Crippen LogP contribution in [0.2, 0.25) is 0 Å². The fourth-order valence-electron chi connectivity index (χ4n) is 5.42. The SMILES string of the molecule is CN1CC[C@]23C4=C5CCC(O)=C4O[C@H]2C(=O)C=C[C@@]3(O)[C@H]1C5. The molecule has 1 spiro atoms. The van der Waals surface area contributed by atoms with Crippen LogP contribution in [0.1, 0.15) is 25.7 Å². The first-order valence-electron chi connectivity index (χ1n) is 7.96. The summed E-state index contributed by atoms with van der Waals surface area (Å²) in [7, 11) is 2.03. The Bertz CT molecular complexity index is 705. The van der Waals surface area contributed by atoms with Crippen molar-refractivity contribution in [2.45, 2.75) is 43.4 Å². The summed E-state index contributed by atoms with van der Waals surface area (Å²) in [6.45, 7) is 0.818. The number of carbonyl (C=O) groups is 1. The van der Waals surface area contributed by atoms with Crippen molar-refractivity contribution in [2.75, 3.05) is 13.6 Å². The van der Waals surface area contributed by atoms with Crippen LogP contribution in [0.3, 0.4) is 0 Å². The zero-order chi connectivity index (χ0) is 15.3.